The maximum absolute atomic E-state index is 11.0. The highest BCUT2D eigenvalue weighted by Crippen LogP contribution is 2.22. The zero-order chi connectivity index (χ0) is 13.9. The first-order chi connectivity index (χ1) is 8.99. The molecule has 0 saturated carbocycles. The van der Waals surface area contributed by atoms with E-state index in [-0.39, 0.29) is 0 Å². The van der Waals surface area contributed by atoms with Crippen molar-refractivity contribution in [2.24, 2.45) is 5.73 Å². The third kappa shape index (κ3) is 3.72. The average molecular weight is 280 g/mol. The number of aliphatic carboxylic acids is 1. The van der Waals surface area contributed by atoms with Gasteiger partial charge in [0.2, 0.25) is 0 Å². The normalized spacial score (nSPS) is 23.7. The number of likely N-dealkylation sites (tertiary alicyclic amines) is 1. The van der Waals surface area contributed by atoms with Gasteiger partial charge in [0.1, 0.15) is 5.54 Å². The molecule has 4 nitrogen and oxygen atoms in total. The fourth-order valence-electron chi connectivity index (χ4n) is 2.21. The number of hydrogen-bond acceptors (Lipinski definition) is 4. The average Bonchev–Trinajstić information content (AvgIpc) is 2.75. The molecule has 0 aliphatic carbocycles. The Balaban J connectivity index is 1.75. The molecule has 1 saturated heterocycles. The topological polar surface area (TPSA) is 66.6 Å². The lowest BCUT2D eigenvalue weighted by molar-refractivity contribution is -0.142. The molecule has 1 heterocycles. The Morgan fingerprint density at radius 1 is 1.47 bits per heavy atom. The van der Waals surface area contributed by atoms with E-state index in [9.17, 15) is 4.79 Å². The van der Waals surface area contributed by atoms with Gasteiger partial charge in [-0.25, -0.2) is 0 Å². The lowest BCUT2D eigenvalue weighted by Gasteiger charge is -2.19. The highest BCUT2D eigenvalue weighted by Gasteiger charge is 2.40. The van der Waals surface area contributed by atoms with Crippen LogP contribution in [0.15, 0.2) is 29.2 Å². The van der Waals surface area contributed by atoms with Crippen LogP contribution < -0.4 is 5.73 Å². The maximum Gasteiger partial charge on any atom is 0.325 e. The second kappa shape index (κ2) is 5.94. The Morgan fingerprint density at radius 2 is 2.16 bits per heavy atom. The molecule has 1 fully saturated rings. The molecule has 0 aromatic heterocycles. The fourth-order valence-corrected chi connectivity index (χ4v) is 3.12. The summed E-state index contributed by atoms with van der Waals surface area (Å²) in [5.74, 6) is 0.0693. The second-order valence-electron chi connectivity index (χ2n) is 5.15. The van der Waals surface area contributed by atoms with Crippen LogP contribution in [-0.4, -0.2) is 46.9 Å². The van der Waals surface area contributed by atoms with Crippen molar-refractivity contribution in [2.45, 2.75) is 23.8 Å². The van der Waals surface area contributed by atoms with Gasteiger partial charge in [0.15, 0.2) is 0 Å². The molecule has 0 radical (unpaired) electrons. The van der Waals surface area contributed by atoms with Gasteiger partial charge in [-0.1, -0.05) is 17.7 Å². The standard InChI is InChI=1S/C14H20N2O2S/c1-11-2-4-12(5-3-11)19-9-8-16-7-6-14(15,10-16)13(17)18/h2-5H,6-10,15H2,1H3,(H,17,18). The van der Waals surface area contributed by atoms with E-state index in [1.54, 1.807) is 11.8 Å². The highest BCUT2D eigenvalue weighted by molar-refractivity contribution is 7.99. The Hall–Kier alpha value is -1.04. The summed E-state index contributed by atoms with van der Waals surface area (Å²) in [5.41, 5.74) is 6.06. The number of benzene rings is 1. The largest absolute Gasteiger partial charge is 0.480 e. The molecule has 1 aliphatic rings. The van der Waals surface area contributed by atoms with E-state index in [1.165, 1.54) is 10.5 Å². The zero-order valence-electron chi connectivity index (χ0n) is 11.1. The lowest BCUT2D eigenvalue weighted by Crippen LogP contribution is -2.50. The molecule has 0 amide bonds. The van der Waals surface area contributed by atoms with Crippen molar-refractivity contribution in [3.63, 3.8) is 0 Å². The number of aryl methyl sites for hydroxylation is 1. The van der Waals surface area contributed by atoms with Gasteiger partial charge in [-0.15, -0.1) is 11.8 Å². The molecular formula is C14H20N2O2S. The first-order valence-electron chi connectivity index (χ1n) is 6.44. The molecule has 2 rings (SSSR count). The minimum Gasteiger partial charge on any atom is -0.480 e. The number of nitrogens with two attached hydrogens (primary N) is 1. The van der Waals surface area contributed by atoms with E-state index >= 15 is 0 Å². The van der Waals surface area contributed by atoms with Crippen molar-refractivity contribution >= 4 is 17.7 Å². The van der Waals surface area contributed by atoms with Crippen LogP contribution in [0.5, 0.6) is 0 Å². The number of carbonyl (C=O) groups is 1. The molecule has 0 spiro atoms. The van der Waals surface area contributed by atoms with Gasteiger partial charge in [0.25, 0.3) is 0 Å². The van der Waals surface area contributed by atoms with Gasteiger partial charge in [-0.05, 0) is 25.5 Å². The summed E-state index contributed by atoms with van der Waals surface area (Å²) in [6, 6.07) is 8.45. The van der Waals surface area contributed by atoms with Gasteiger partial charge in [-0.3, -0.25) is 9.69 Å². The van der Waals surface area contributed by atoms with Crippen molar-refractivity contribution in [3.05, 3.63) is 29.8 Å². The summed E-state index contributed by atoms with van der Waals surface area (Å²) in [7, 11) is 0. The lowest BCUT2D eigenvalue weighted by atomic mass is 10.0. The third-order valence-electron chi connectivity index (χ3n) is 3.50. The van der Waals surface area contributed by atoms with E-state index in [1.807, 2.05) is 0 Å². The molecule has 1 aromatic carbocycles. The molecule has 5 heteroatoms. The van der Waals surface area contributed by atoms with Gasteiger partial charge < -0.3 is 10.8 Å². The first-order valence-corrected chi connectivity index (χ1v) is 7.42. The smallest absolute Gasteiger partial charge is 0.325 e. The van der Waals surface area contributed by atoms with Gasteiger partial charge >= 0.3 is 5.97 Å². The fraction of sp³-hybridized carbons (Fsp3) is 0.500. The number of carboxylic acid groups (broad SMARTS) is 1. The highest BCUT2D eigenvalue weighted by atomic mass is 32.2. The van der Waals surface area contributed by atoms with Crippen LogP contribution in [0.4, 0.5) is 0 Å². The predicted octanol–water partition coefficient (Wildman–Crippen LogP) is 1.57. The summed E-state index contributed by atoms with van der Waals surface area (Å²) >= 11 is 1.79. The summed E-state index contributed by atoms with van der Waals surface area (Å²) in [6.07, 6.45) is 0.539. The minimum absolute atomic E-state index is 0.455. The summed E-state index contributed by atoms with van der Waals surface area (Å²) in [5, 5.41) is 9.06. The van der Waals surface area contributed by atoms with Crippen molar-refractivity contribution in [3.8, 4) is 0 Å². The molecule has 3 N–H and O–H groups in total. The van der Waals surface area contributed by atoms with E-state index < -0.39 is 11.5 Å². The number of thioether (sulfide) groups is 1. The Kier molecular flexibility index (Phi) is 4.50. The maximum atomic E-state index is 11.0. The quantitative estimate of drug-likeness (QED) is 0.802. The van der Waals surface area contributed by atoms with Crippen LogP contribution in [0.25, 0.3) is 0 Å². The van der Waals surface area contributed by atoms with E-state index in [0.717, 1.165) is 18.8 Å². The van der Waals surface area contributed by atoms with Crippen LogP contribution >= 0.6 is 11.8 Å². The summed E-state index contributed by atoms with van der Waals surface area (Å²) in [4.78, 5) is 14.4. The Labute approximate surface area is 118 Å². The van der Waals surface area contributed by atoms with Gasteiger partial charge in [0, 0.05) is 30.3 Å². The van der Waals surface area contributed by atoms with E-state index in [2.05, 4.69) is 36.1 Å². The molecular weight excluding hydrogens is 260 g/mol. The van der Waals surface area contributed by atoms with Crippen molar-refractivity contribution < 1.29 is 9.90 Å². The summed E-state index contributed by atoms with van der Waals surface area (Å²) in [6.45, 7) is 4.18. The van der Waals surface area contributed by atoms with Gasteiger partial charge in [-0.2, -0.15) is 0 Å². The predicted molar refractivity (Wildman–Crippen MR) is 77.5 cm³/mol. The zero-order valence-corrected chi connectivity index (χ0v) is 11.9. The van der Waals surface area contributed by atoms with Crippen LogP contribution in [0, 0.1) is 6.92 Å². The van der Waals surface area contributed by atoms with Crippen LogP contribution in [0.1, 0.15) is 12.0 Å². The van der Waals surface area contributed by atoms with Crippen molar-refractivity contribution in [1.82, 2.24) is 4.90 Å². The first kappa shape index (κ1) is 14.4. The van der Waals surface area contributed by atoms with E-state index in [0.29, 0.717) is 13.0 Å². The molecule has 1 unspecified atom stereocenters. The number of nitrogens with zero attached hydrogens (tertiary/aromatic N) is 1. The summed E-state index contributed by atoms with van der Waals surface area (Å²) < 4.78 is 0. The second-order valence-corrected chi connectivity index (χ2v) is 6.32. The number of rotatable bonds is 5. The van der Waals surface area contributed by atoms with E-state index in [4.69, 9.17) is 10.8 Å². The number of carboxylic acids is 1. The Morgan fingerprint density at radius 3 is 2.74 bits per heavy atom. The molecule has 19 heavy (non-hydrogen) atoms. The van der Waals surface area contributed by atoms with Crippen LogP contribution in [-0.2, 0) is 4.79 Å². The molecule has 104 valence electrons. The van der Waals surface area contributed by atoms with Crippen LogP contribution in [0.2, 0.25) is 0 Å². The molecule has 1 aromatic rings. The Bertz CT molecular complexity index is 449. The van der Waals surface area contributed by atoms with Gasteiger partial charge in [0.05, 0.1) is 0 Å². The molecule has 1 aliphatic heterocycles. The monoisotopic (exact) mass is 280 g/mol. The number of hydrogen-bond donors (Lipinski definition) is 2. The molecule has 1 atom stereocenters. The SMILES string of the molecule is Cc1ccc(SCCN2CCC(N)(C(=O)O)C2)cc1. The van der Waals surface area contributed by atoms with Crippen LogP contribution in [0.3, 0.4) is 0 Å². The van der Waals surface area contributed by atoms with Crippen molar-refractivity contribution in [1.29, 1.82) is 0 Å². The minimum atomic E-state index is -1.05. The third-order valence-corrected chi connectivity index (χ3v) is 4.50. The molecule has 0 bridgehead atoms. The van der Waals surface area contributed by atoms with Crippen molar-refractivity contribution in [2.75, 3.05) is 25.4 Å².